The summed E-state index contributed by atoms with van der Waals surface area (Å²) in [6, 6.07) is 0.472. The molecule has 1 amide bonds. The maximum atomic E-state index is 12.6. The van der Waals surface area contributed by atoms with Crippen LogP contribution in [-0.4, -0.2) is 49.2 Å². The molecule has 0 aromatic heterocycles. The van der Waals surface area contributed by atoms with Crippen LogP contribution in [0.2, 0.25) is 0 Å². The highest BCUT2D eigenvalue weighted by atomic mass is 16.5. The Labute approximate surface area is 116 Å². The van der Waals surface area contributed by atoms with Crippen LogP contribution in [0.25, 0.3) is 0 Å². The number of hydrogen-bond donors (Lipinski definition) is 1. The van der Waals surface area contributed by atoms with Crippen LogP contribution in [0.15, 0.2) is 0 Å². The molecule has 2 aliphatic heterocycles. The highest BCUT2D eigenvalue weighted by molar-refractivity contribution is 5.79. The Morgan fingerprint density at radius 3 is 3.00 bits per heavy atom. The number of nitrogens with one attached hydrogen (secondary N) is 1. The minimum Gasteiger partial charge on any atom is -0.376 e. The van der Waals surface area contributed by atoms with Crippen molar-refractivity contribution < 1.29 is 9.53 Å². The second kappa shape index (κ2) is 7.25. The number of amides is 1. The molecule has 2 heterocycles. The van der Waals surface area contributed by atoms with E-state index in [-0.39, 0.29) is 12.0 Å². The van der Waals surface area contributed by atoms with E-state index in [2.05, 4.69) is 19.2 Å². The van der Waals surface area contributed by atoms with Gasteiger partial charge in [0.2, 0.25) is 5.91 Å². The summed E-state index contributed by atoms with van der Waals surface area (Å²) < 4.78 is 5.81. The van der Waals surface area contributed by atoms with Gasteiger partial charge in [-0.25, -0.2) is 0 Å². The first kappa shape index (κ1) is 14.8. The average Bonchev–Trinajstić information content (AvgIpc) is 2.44. The van der Waals surface area contributed by atoms with Crippen molar-refractivity contribution in [2.24, 2.45) is 5.92 Å². The maximum absolute atomic E-state index is 12.6. The minimum absolute atomic E-state index is 0.223. The minimum atomic E-state index is 0.223. The van der Waals surface area contributed by atoms with Gasteiger partial charge in [-0.2, -0.15) is 0 Å². The second-order valence-corrected chi connectivity index (χ2v) is 6.00. The highest BCUT2D eigenvalue weighted by Crippen LogP contribution is 2.22. The van der Waals surface area contributed by atoms with E-state index in [4.69, 9.17) is 4.74 Å². The summed E-state index contributed by atoms with van der Waals surface area (Å²) in [5.41, 5.74) is 0. The Kier molecular flexibility index (Phi) is 5.64. The van der Waals surface area contributed by atoms with Crippen LogP contribution < -0.4 is 5.32 Å². The van der Waals surface area contributed by atoms with Crippen LogP contribution >= 0.6 is 0 Å². The normalized spacial score (nSPS) is 32.3. The molecule has 0 radical (unpaired) electrons. The molecule has 4 heteroatoms. The van der Waals surface area contributed by atoms with Crippen molar-refractivity contribution in [1.82, 2.24) is 10.2 Å². The first-order valence-corrected chi connectivity index (χ1v) is 7.84. The molecule has 0 spiro atoms. The van der Waals surface area contributed by atoms with Crippen LogP contribution in [0.5, 0.6) is 0 Å². The SMILES string of the molecule is CCCOC1CCCN(C(=O)C2CCNC(C)C2)C1. The van der Waals surface area contributed by atoms with Gasteiger partial charge in [0, 0.05) is 31.7 Å². The van der Waals surface area contributed by atoms with Gasteiger partial charge < -0.3 is 15.0 Å². The Morgan fingerprint density at radius 2 is 2.26 bits per heavy atom. The zero-order chi connectivity index (χ0) is 13.7. The third kappa shape index (κ3) is 4.18. The van der Waals surface area contributed by atoms with Gasteiger partial charge in [-0.05, 0) is 45.6 Å². The molecule has 110 valence electrons. The highest BCUT2D eigenvalue weighted by Gasteiger charge is 2.31. The van der Waals surface area contributed by atoms with E-state index >= 15 is 0 Å². The average molecular weight is 268 g/mol. The monoisotopic (exact) mass is 268 g/mol. The molecule has 0 aliphatic carbocycles. The van der Waals surface area contributed by atoms with E-state index in [1.807, 2.05) is 4.90 Å². The fourth-order valence-electron chi connectivity index (χ4n) is 3.17. The van der Waals surface area contributed by atoms with Gasteiger partial charge in [0.1, 0.15) is 0 Å². The quantitative estimate of drug-likeness (QED) is 0.845. The summed E-state index contributed by atoms with van der Waals surface area (Å²) in [4.78, 5) is 14.6. The van der Waals surface area contributed by atoms with E-state index in [0.29, 0.717) is 11.9 Å². The van der Waals surface area contributed by atoms with E-state index < -0.39 is 0 Å². The third-order valence-corrected chi connectivity index (χ3v) is 4.22. The lowest BCUT2D eigenvalue weighted by Crippen LogP contribution is -2.48. The van der Waals surface area contributed by atoms with Gasteiger partial charge in [0.15, 0.2) is 0 Å². The van der Waals surface area contributed by atoms with Crippen molar-refractivity contribution in [3.63, 3.8) is 0 Å². The number of carbonyl (C=O) groups is 1. The summed E-state index contributed by atoms with van der Waals surface area (Å²) >= 11 is 0. The number of carbonyl (C=O) groups excluding carboxylic acids is 1. The number of piperidine rings is 2. The topological polar surface area (TPSA) is 41.6 Å². The van der Waals surface area contributed by atoms with Gasteiger partial charge in [-0.1, -0.05) is 6.92 Å². The zero-order valence-electron chi connectivity index (χ0n) is 12.4. The molecule has 0 saturated carbocycles. The summed E-state index contributed by atoms with van der Waals surface area (Å²) in [5, 5.41) is 3.41. The fourth-order valence-corrected chi connectivity index (χ4v) is 3.17. The van der Waals surface area contributed by atoms with Crippen LogP contribution in [0.4, 0.5) is 0 Å². The first-order chi connectivity index (χ1) is 9.20. The standard InChI is InChI=1S/C15H28N2O2/c1-3-9-19-14-5-4-8-17(11-14)15(18)13-6-7-16-12(2)10-13/h12-14,16H,3-11H2,1-2H3. The van der Waals surface area contributed by atoms with Gasteiger partial charge >= 0.3 is 0 Å². The van der Waals surface area contributed by atoms with Crippen molar-refractivity contribution >= 4 is 5.91 Å². The van der Waals surface area contributed by atoms with E-state index in [1.54, 1.807) is 0 Å². The number of hydrogen-bond acceptors (Lipinski definition) is 3. The molecule has 0 aromatic rings. The molecular formula is C15H28N2O2. The van der Waals surface area contributed by atoms with Crippen molar-refractivity contribution in [2.75, 3.05) is 26.2 Å². The van der Waals surface area contributed by atoms with Crippen LogP contribution in [0, 0.1) is 5.92 Å². The summed E-state index contributed by atoms with van der Waals surface area (Å²) in [5.74, 6) is 0.583. The largest absolute Gasteiger partial charge is 0.376 e. The molecule has 2 fully saturated rings. The predicted molar refractivity (Wildman–Crippen MR) is 76.0 cm³/mol. The number of ether oxygens (including phenoxy) is 1. The lowest BCUT2D eigenvalue weighted by Gasteiger charge is -2.37. The molecule has 0 aromatic carbocycles. The Morgan fingerprint density at radius 1 is 1.42 bits per heavy atom. The smallest absolute Gasteiger partial charge is 0.225 e. The number of nitrogens with zero attached hydrogens (tertiary/aromatic N) is 1. The van der Waals surface area contributed by atoms with Gasteiger partial charge in [-0.15, -0.1) is 0 Å². The zero-order valence-corrected chi connectivity index (χ0v) is 12.4. The Balaban J connectivity index is 1.84. The van der Waals surface area contributed by atoms with Crippen molar-refractivity contribution in [3.8, 4) is 0 Å². The molecule has 2 saturated heterocycles. The summed E-state index contributed by atoms with van der Waals surface area (Å²) in [6.45, 7) is 7.81. The first-order valence-electron chi connectivity index (χ1n) is 7.84. The van der Waals surface area contributed by atoms with E-state index in [1.165, 1.54) is 0 Å². The fraction of sp³-hybridized carbons (Fsp3) is 0.933. The van der Waals surface area contributed by atoms with Gasteiger partial charge in [0.25, 0.3) is 0 Å². The van der Waals surface area contributed by atoms with Crippen molar-refractivity contribution in [2.45, 2.75) is 58.1 Å². The Hall–Kier alpha value is -0.610. The second-order valence-electron chi connectivity index (χ2n) is 6.00. The Bertz CT molecular complexity index is 296. The molecule has 2 rings (SSSR count). The molecule has 0 bridgehead atoms. The maximum Gasteiger partial charge on any atom is 0.225 e. The molecule has 2 aliphatic rings. The van der Waals surface area contributed by atoms with Crippen LogP contribution in [0.3, 0.4) is 0 Å². The lowest BCUT2D eigenvalue weighted by atomic mass is 9.91. The number of likely N-dealkylation sites (tertiary alicyclic amines) is 1. The summed E-state index contributed by atoms with van der Waals surface area (Å²) in [7, 11) is 0. The van der Waals surface area contributed by atoms with Crippen LogP contribution in [0.1, 0.15) is 46.0 Å². The van der Waals surface area contributed by atoms with Gasteiger partial charge in [0.05, 0.1) is 6.10 Å². The summed E-state index contributed by atoms with van der Waals surface area (Å²) in [6.07, 6.45) is 5.47. The third-order valence-electron chi connectivity index (χ3n) is 4.22. The van der Waals surface area contributed by atoms with Crippen LogP contribution in [-0.2, 0) is 9.53 Å². The van der Waals surface area contributed by atoms with Crippen molar-refractivity contribution in [1.29, 1.82) is 0 Å². The molecular weight excluding hydrogens is 240 g/mol. The predicted octanol–water partition coefficient (Wildman–Crippen LogP) is 1.79. The molecule has 19 heavy (non-hydrogen) atoms. The molecule has 3 atom stereocenters. The van der Waals surface area contributed by atoms with E-state index in [9.17, 15) is 4.79 Å². The van der Waals surface area contributed by atoms with Crippen molar-refractivity contribution in [3.05, 3.63) is 0 Å². The molecule has 1 N–H and O–H groups in total. The molecule has 3 unspecified atom stereocenters. The van der Waals surface area contributed by atoms with E-state index in [0.717, 1.165) is 58.3 Å². The molecule has 4 nitrogen and oxygen atoms in total. The number of rotatable bonds is 4. The van der Waals surface area contributed by atoms with Gasteiger partial charge in [-0.3, -0.25) is 4.79 Å². The lowest BCUT2D eigenvalue weighted by molar-refractivity contribution is -0.140.